The number of carbonyl (C=O) groups is 1. The number of nitrogens with zero attached hydrogens (tertiary/aromatic N) is 1. The molecule has 0 aliphatic carbocycles. The summed E-state index contributed by atoms with van der Waals surface area (Å²) in [6.07, 6.45) is 7.81. The van der Waals surface area contributed by atoms with Crippen molar-refractivity contribution in [2.45, 2.75) is 44.6 Å². The molecule has 0 radical (unpaired) electrons. The van der Waals surface area contributed by atoms with Crippen LogP contribution in [0.4, 0.5) is 4.79 Å². The van der Waals surface area contributed by atoms with E-state index in [9.17, 15) is 14.8 Å². The van der Waals surface area contributed by atoms with E-state index in [1.165, 1.54) is 6.42 Å². The van der Waals surface area contributed by atoms with Gasteiger partial charge >= 0.3 is 13.1 Å². The summed E-state index contributed by atoms with van der Waals surface area (Å²) in [6, 6.07) is 9.36. The molecule has 0 bridgehead atoms. The summed E-state index contributed by atoms with van der Waals surface area (Å²) in [6.45, 7) is 3.53. The average molecular weight is 345 g/mol. The van der Waals surface area contributed by atoms with Gasteiger partial charge in [0.2, 0.25) is 0 Å². The van der Waals surface area contributed by atoms with Crippen molar-refractivity contribution in [1.82, 2.24) is 15.5 Å². The molecule has 2 atom stereocenters. The number of benzene rings is 1. The lowest BCUT2D eigenvalue weighted by Gasteiger charge is -2.35. The highest BCUT2D eigenvalue weighted by Gasteiger charge is 2.26. The van der Waals surface area contributed by atoms with Gasteiger partial charge in [-0.25, -0.2) is 4.79 Å². The molecule has 1 heterocycles. The minimum atomic E-state index is -1.61. The number of nitrogens with one attached hydrogen (secondary N) is 2. The van der Waals surface area contributed by atoms with Crippen LogP contribution in [-0.4, -0.2) is 53.2 Å². The summed E-state index contributed by atoms with van der Waals surface area (Å²) in [7, 11) is -1.61. The number of amides is 2. The van der Waals surface area contributed by atoms with Gasteiger partial charge in [-0.1, -0.05) is 36.4 Å². The van der Waals surface area contributed by atoms with Crippen LogP contribution in [-0.2, 0) is 6.42 Å². The number of likely N-dealkylation sites (tertiary alicyclic amines) is 1. The van der Waals surface area contributed by atoms with Crippen molar-refractivity contribution in [2.75, 3.05) is 13.1 Å². The molecule has 7 heteroatoms. The van der Waals surface area contributed by atoms with Crippen molar-refractivity contribution in [2.24, 2.45) is 0 Å². The van der Waals surface area contributed by atoms with Crippen LogP contribution in [0.3, 0.4) is 0 Å². The summed E-state index contributed by atoms with van der Waals surface area (Å²) in [4.78, 5) is 14.4. The SMILES string of the molecule is CC=CN1CCCCC1CNC(=O)N[C@@H](Cc1ccccc1)B(O)O. The number of allylic oxidation sites excluding steroid dienone is 1. The van der Waals surface area contributed by atoms with E-state index in [1.54, 1.807) is 0 Å². The molecule has 1 aromatic carbocycles. The average Bonchev–Trinajstić information content (AvgIpc) is 2.61. The van der Waals surface area contributed by atoms with Gasteiger partial charge in [0.05, 0.1) is 5.94 Å². The Bertz CT molecular complexity index is 554. The maximum Gasteiger partial charge on any atom is 0.475 e. The van der Waals surface area contributed by atoms with Gasteiger partial charge in [-0.2, -0.15) is 0 Å². The third-order valence-corrected chi connectivity index (χ3v) is 4.49. The fourth-order valence-corrected chi connectivity index (χ4v) is 3.16. The maximum atomic E-state index is 12.2. The molecule has 1 aliphatic heterocycles. The number of piperidine rings is 1. The number of hydrogen-bond acceptors (Lipinski definition) is 4. The van der Waals surface area contributed by atoms with E-state index in [1.807, 2.05) is 43.3 Å². The zero-order chi connectivity index (χ0) is 18.1. The lowest BCUT2D eigenvalue weighted by molar-refractivity contribution is 0.201. The predicted octanol–water partition coefficient (Wildman–Crippen LogP) is 1.30. The zero-order valence-corrected chi connectivity index (χ0v) is 14.8. The fraction of sp³-hybridized carbons (Fsp3) is 0.500. The summed E-state index contributed by atoms with van der Waals surface area (Å²) < 4.78 is 0. The zero-order valence-electron chi connectivity index (χ0n) is 14.8. The summed E-state index contributed by atoms with van der Waals surface area (Å²) in [5.41, 5.74) is 0.937. The third-order valence-electron chi connectivity index (χ3n) is 4.49. The van der Waals surface area contributed by atoms with E-state index in [0.29, 0.717) is 13.0 Å². The minimum absolute atomic E-state index is 0.280. The molecular weight excluding hydrogens is 317 g/mol. The molecule has 1 fully saturated rings. The second-order valence-corrected chi connectivity index (χ2v) is 6.43. The fourth-order valence-electron chi connectivity index (χ4n) is 3.16. The maximum absolute atomic E-state index is 12.2. The molecule has 136 valence electrons. The second kappa shape index (κ2) is 10.1. The quantitative estimate of drug-likeness (QED) is 0.561. The van der Waals surface area contributed by atoms with Crippen molar-refractivity contribution in [3.63, 3.8) is 0 Å². The first-order valence-corrected chi connectivity index (χ1v) is 8.93. The Labute approximate surface area is 150 Å². The second-order valence-electron chi connectivity index (χ2n) is 6.43. The molecule has 0 saturated carbocycles. The van der Waals surface area contributed by atoms with Crippen LogP contribution in [0.15, 0.2) is 42.6 Å². The van der Waals surface area contributed by atoms with Crippen LogP contribution in [0.1, 0.15) is 31.7 Å². The summed E-state index contributed by atoms with van der Waals surface area (Å²) >= 11 is 0. The minimum Gasteiger partial charge on any atom is -0.426 e. The monoisotopic (exact) mass is 345 g/mol. The number of rotatable bonds is 7. The highest BCUT2D eigenvalue weighted by atomic mass is 16.4. The van der Waals surface area contributed by atoms with E-state index in [2.05, 4.69) is 21.7 Å². The largest absolute Gasteiger partial charge is 0.475 e. The van der Waals surface area contributed by atoms with Gasteiger partial charge < -0.3 is 25.6 Å². The molecule has 6 nitrogen and oxygen atoms in total. The Balaban J connectivity index is 1.84. The van der Waals surface area contributed by atoms with E-state index in [0.717, 1.165) is 24.9 Å². The summed E-state index contributed by atoms with van der Waals surface area (Å²) in [5, 5.41) is 24.6. The van der Waals surface area contributed by atoms with Crippen LogP contribution in [0.5, 0.6) is 0 Å². The lowest BCUT2D eigenvalue weighted by atomic mass is 9.76. The van der Waals surface area contributed by atoms with Gasteiger partial charge in [-0.05, 0) is 44.4 Å². The first-order valence-electron chi connectivity index (χ1n) is 8.93. The highest BCUT2D eigenvalue weighted by Crippen LogP contribution is 2.16. The van der Waals surface area contributed by atoms with Crippen LogP contribution < -0.4 is 10.6 Å². The molecule has 4 N–H and O–H groups in total. The molecular formula is C18H28BN3O3. The Hall–Kier alpha value is -1.99. The Morgan fingerprint density at radius 3 is 2.80 bits per heavy atom. The summed E-state index contributed by atoms with van der Waals surface area (Å²) in [5.74, 6) is -0.750. The van der Waals surface area contributed by atoms with Crippen LogP contribution in [0.25, 0.3) is 0 Å². The smallest absolute Gasteiger partial charge is 0.426 e. The molecule has 0 aromatic heterocycles. The van der Waals surface area contributed by atoms with Gasteiger partial charge in [-0.3, -0.25) is 0 Å². The van der Waals surface area contributed by atoms with Crippen molar-refractivity contribution < 1.29 is 14.8 Å². The third kappa shape index (κ3) is 6.44. The van der Waals surface area contributed by atoms with Crippen LogP contribution in [0, 0.1) is 0 Å². The van der Waals surface area contributed by atoms with Gasteiger partial charge in [0.25, 0.3) is 0 Å². The van der Waals surface area contributed by atoms with Crippen LogP contribution >= 0.6 is 0 Å². The molecule has 2 amide bonds. The van der Waals surface area contributed by atoms with Gasteiger partial charge in [0.1, 0.15) is 0 Å². The van der Waals surface area contributed by atoms with Crippen LogP contribution in [0.2, 0.25) is 0 Å². The number of carbonyl (C=O) groups excluding carboxylic acids is 1. The van der Waals surface area contributed by atoms with E-state index < -0.39 is 13.1 Å². The lowest BCUT2D eigenvalue weighted by Crippen LogP contribution is -2.53. The normalized spacial score (nSPS) is 18.8. The predicted molar refractivity (Wildman–Crippen MR) is 99.8 cm³/mol. The molecule has 1 aromatic rings. The van der Waals surface area contributed by atoms with E-state index >= 15 is 0 Å². The van der Waals surface area contributed by atoms with Crippen molar-refractivity contribution in [3.05, 3.63) is 48.2 Å². The van der Waals surface area contributed by atoms with Gasteiger partial charge in [0, 0.05) is 19.1 Å². The topological polar surface area (TPSA) is 84.8 Å². The molecule has 1 unspecified atom stereocenters. The molecule has 1 aliphatic rings. The highest BCUT2D eigenvalue weighted by molar-refractivity contribution is 6.43. The molecule has 0 spiro atoms. The molecule has 1 saturated heterocycles. The van der Waals surface area contributed by atoms with E-state index in [-0.39, 0.29) is 12.1 Å². The Kier molecular flexibility index (Phi) is 7.82. The standard InChI is InChI=1S/C18H28BN3O3/c1-2-11-22-12-7-6-10-16(22)14-20-18(23)21-17(19(24)25)13-15-8-4-3-5-9-15/h2-5,8-9,11,16-17,24-25H,6-7,10,12-14H2,1H3,(H2,20,21,23)/t16?,17-/m0/s1. The first kappa shape index (κ1) is 19.3. The Morgan fingerprint density at radius 1 is 1.36 bits per heavy atom. The Morgan fingerprint density at radius 2 is 2.12 bits per heavy atom. The van der Waals surface area contributed by atoms with Crippen molar-refractivity contribution in [3.8, 4) is 0 Å². The van der Waals surface area contributed by atoms with E-state index in [4.69, 9.17) is 0 Å². The van der Waals surface area contributed by atoms with Gasteiger partial charge in [0.15, 0.2) is 0 Å². The molecule has 2 rings (SSSR count). The number of urea groups is 1. The van der Waals surface area contributed by atoms with Crippen molar-refractivity contribution in [1.29, 1.82) is 0 Å². The first-order chi connectivity index (χ1) is 12.1. The van der Waals surface area contributed by atoms with Crippen molar-refractivity contribution >= 4 is 13.1 Å². The molecule has 25 heavy (non-hydrogen) atoms. The van der Waals surface area contributed by atoms with Gasteiger partial charge in [-0.15, -0.1) is 0 Å². The number of hydrogen-bond donors (Lipinski definition) is 4.